The first-order chi connectivity index (χ1) is 18.0. The van der Waals surface area contributed by atoms with Gasteiger partial charge in [-0.3, -0.25) is 24.0 Å². The molecule has 2 aromatic rings. The molecule has 0 aromatic carbocycles. The number of hydrogen-bond donors (Lipinski definition) is 1. The highest BCUT2D eigenvalue weighted by Crippen LogP contribution is 2.32. The highest BCUT2D eigenvalue weighted by molar-refractivity contribution is 7.18. The number of hydrogen-bond acceptors (Lipinski definition) is 8. The predicted octanol–water partition coefficient (Wildman–Crippen LogP) is 2.18. The standard InChI is InChI=1S/C26H34N6O5S/c1-15(2)12-18-25(35)30(11-9-20(27)33)14-22-31(18)26(36)19(13-16(3)4)37-32(22)23(34)8-7-21-29-17-6-5-10-28-24(17)38-21/h5-8,10,15-16,18-19,22H,9,11-14H2,1-4H3,(H2,27,33)/b8-7+/t18-,19+,22-/m0/s1. The third kappa shape index (κ3) is 6.02. The van der Waals surface area contributed by atoms with Crippen LogP contribution in [-0.2, 0) is 24.0 Å². The molecule has 2 fully saturated rings. The van der Waals surface area contributed by atoms with Crippen molar-refractivity contribution in [3.05, 3.63) is 29.4 Å². The van der Waals surface area contributed by atoms with E-state index in [1.54, 1.807) is 18.3 Å². The van der Waals surface area contributed by atoms with Crippen molar-refractivity contribution in [3.8, 4) is 0 Å². The van der Waals surface area contributed by atoms with Gasteiger partial charge >= 0.3 is 0 Å². The zero-order chi connectivity index (χ0) is 27.6. The molecular formula is C26H34N6O5S. The van der Waals surface area contributed by atoms with Crippen LogP contribution in [0.2, 0.25) is 0 Å². The lowest BCUT2D eigenvalue weighted by Gasteiger charge is -2.53. The molecule has 0 saturated carbocycles. The van der Waals surface area contributed by atoms with Crippen molar-refractivity contribution in [1.29, 1.82) is 0 Å². The largest absolute Gasteiger partial charge is 0.370 e. The SMILES string of the molecule is CC(C)C[C@H]1ON(C(=O)/C=C/c2nc3cccnc3s2)[C@H]2CN(CCC(N)=O)C(=O)[C@H](CC(C)C)N2C1=O. The number of amides is 4. The minimum absolute atomic E-state index is 0.0167. The third-order valence-electron chi connectivity index (χ3n) is 6.46. The Morgan fingerprint density at radius 2 is 1.92 bits per heavy atom. The second-order valence-corrected chi connectivity index (χ2v) is 11.5. The molecular weight excluding hydrogens is 508 g/mol. The minimum atomic E-state index is -0.894. The smallest absolute Gasteiger partial charge is 0.272 e. The van der Waals surface area contributed by atoms with Crippen LogP contribution in [0.15, 0.2) is 24.4 Å². The van der Waals surface area contributed by atoms with Gasteiger partial charge in [-0.15, -0.1) is 0 Å². The van der Waals surface area contributed by atoms with E-state index < -0.39 is 30.1 Å². The summed E-state index contributed by atoms with van der Waals surface area (Å²) >= 11 is 1.35. The van der Waals surface area contributed by atoms with E-state index in [0.717, 1.165) is 10.3 Å². The van der Waals surface area contributed by atoms with Crippen LogP contribution in [0.5, 0.6) is 0 Å². The molecule has 204 valence electrons. The molecule has 4 heterocycles. The number of nitrogens with two attached hydrogens (primary N) is 1. The van der Waals surface area contributed by atoms with E-state index in [9.17, 15) is 19.2 Å². The summed E-state index contributed by atoms with van der Waals surface area (Å²) in [7, 11) is 0. The number of rotatable bonds is 9. The predicted molar refractivity (Wildman–Crippen MR) is 142 cm³/mol. The Hall–Kier alpha value is -3.38. The summed E-state index contributed by atoms with van der Waals surface area (Å²) in [6.07, 6.45) is 3.71. The van der Waals surface area contributed by atoms with Gasteiger partial charge in [0.05, 0.1) is 6.54 Å². The van der Waals surface area contributed by atoms with Crippen LogP contribution in [0.4, 0.5) is 0 Å². The number of carbonyl (C=O) groups is 4. The molecule has 2 aliphatic rings. The Labute approximate surface area is 225 Å². The molecule has 2 aliphatic heterocycles. The first kappa shape index (κ1) is 27.6. The molecule has 4 rings (SSSR count). The molecule has 0 aliphatic carbocycles. The molecule has 0 unspecified atom stereocenters. The minimum Gasteiger partial charge on any atom is -0.370 e. The Kier molecular flexibility index (Phi) is 8.41. The lowest BCUT2D eigenvalue weighted by Crippen LogP contribution is -2.73. The van der Waals surface area contributed by atoms with Crippen molar-refractivity contribution >= 4 is 51.4 Å². The second kappa shape index (κ2) is 11.6. The van der Waals surface area contributed by atoms with Crippen LogP contribution < -0.4 is 5.73 Å². The number of carbonyl (C=O) groups excluding carboxylic acids is 4. The van der Waals surface area contributed by atoms with Crippen molar-refractivity contribution in [2.45, 2.75) is 65.3 Å². The number of aromatic nitrogens is 2. The summed E-state index contributed by atoms with van der Waals surface area (Å²) < 4.78 is 0. The number of fused-ring (bicyclic) bond motifs is 2. The summed E-state index contributed by atoms with van der Waals surface area (Å²) in [5.74, 6) is -1.33. The molecule has 0 radical (unpaired) electrons. The van der Waals surface area contributed by atoms with Crippen LogP contribution in [0, 0.1) is 11.8 Å². The summed E-state index contributed by atoms with van der Waals surface area (Å²) in [5.41, 5.74) is 6.07. The fraction of sp³-hybridized carbons (Fsp3) is 0.538. The number of primary amides is 1. The molecule has 38 heavy (non-hydrogen) atoms. The fourth-order valence-electron chi connectivity index (χ4n) is 4.77. The van der Waals surface area contributed by atoms with Crippen LogP contribution in [0.25, 0.3) is 16.4 Å². The van der Waals surface area contributed by atoms with E-state index in [1.807, 2.05) is 33.8 Å². The number of nitrogens with zero attached hydrogens (tertiary/aromatic N) is 5. The maximum atomic E-state index is 13.6. The van der Waals surface area contributed by atoms with Gasteiger partial charge in [-0.1, -0.05) is 39.0 Å². The number of hydroxylamine groups is 2. The van der Waals surface area contributed by atoms with Crippen LogP contribution in [-0.4, -0.2) is 79.9 Å². The van der Waals surface area contributed by atoms with Gasteiger partial charge < -0.3 is 15.5 Å². The van der Waals surface area contributed by atoms with Gasteiger partial charge in [0, 0.05) is 25.2 Å². The average molecular weight is 543 g/mol. The van der Waals surface area contributed by atoms with E-state index in [4.69, 9.17) is 10.6 Å². The van der Waals surface area contributed by atoms with Gasteiger partial charge in [-0.25, -0.2) is 9.97 Å². The van der Waals surface area contributed by atoms with Crippen LogP contribution in [0.1, 0.15) is 52.0 Å². The average Bonchev–Trinajstić information content (AvgIpc) is 3.27. The first-order valence-electron chi connectivity index (χ1n) is 12.8. The topological polar surface area (TPSA) is 139 Å². The maximum Gasteiger partial charge on any atom is 0.272 e. The Bertz CT molecular complexity index is 1210. The van der Waals surface area contributed by atoms with E-state index >= 15 is 0 Å². The van der Waals surface area contributed by atoms with Crippen molar-refractivity contribution in [2.75, 3.05) is 13.1 Å². The molecule has 11 nitrogen and oxygen atoms in total. The fourth-order valence-corrected chi connectivity index (χ4v) is 5.58. The van der Waals surface area contributed by atoms with Crippen molar-refractivity contribution in [2.24, 2.45) is 17.6 Å². The van der Waals surface area contributed by atoms with Gasteiger partial charge in [-0.05, 0) is 42.9 Å². The quantitative estimate of drug-likeness (QED) is 0.479. The molecule has 12 heteroatoms. The Balaban J connectivity index is 1.66. The van der Waals surface area contributed by atoms with Gasteiger partial charge in [0.25, 0.3) is 11.8 Å². The summed E-state index contributed by atoms with van der Waals surface area (Å²) in [6.45, 7) is 8.00. The molecule has 2 aromatic heterocycles. The third-order valence-corrected chi connectivity index (χ3v) is 7.40. The van der Waals surface area contributed by atoms with Crippen LogP contribution >= 0.6 is 11.3 Å². The van der Waals surface area contributed by atoms with Gasteiger partial charge in [-0.2, -0.15) is 5.06 Å². The Morgan fingerprint density at radius 1 is 1.18 bits per heavy atom. The maximum absolute atomic E-state index is 13.6. The second-order valence-electron chi connectivity index (χ2n) is 10.5. The molecule has 2 saturated heterocycles. The molecule has 2 N–H and O–H groups in total. The van der Waals surface area contributed by atoms with E-state index in [0.29, 0.717) is 17.8 Å². The normalized spacial score (nSPS) is 22.3. The van der Waals surface area contributed by atoms with Gasteiger partial charge in [0.2, 0.25) is 11.8 Å². The van der Waals surface area contributed by atoms with E-state index in [1.165, 1.54) is 32.3 Å². The number of piperazine rings is 1. The van der Waals surface area contributed by atoms with Crippen LogP contribution in [0.3, 0.4) is 0 Å². The van der Waals surface area contributed by atoms with Crippen molar-refractivity contribution in [1.82, 2.24) is 24.8 Å². The first-order valence-corrected chi connectivity index (χ1v) is 13.7. The number of thiazole rings is 1. The lowest BCUT2D eigenvalue weighted by molar-refractivity contribution is -0.274. The zero-order valence-electron chi connectivity index (χ0n) is 22.1. The zero-order valence-corrected chi connectivity index (χ0v) is 22.9. The monoisotopic (exact) mass is 542 g/mol. The highest BCUT2D eigenvalue weighted by Gasteiger charge is 2.52. The molecule has 4 amide bonds. The van der Waals surface area contributed by atoms with Gasteiger partial charge in [0.15, 0.2) is 12.3 Å². The van der Waals surface area contributed by atoms with Gasteiger partial charge in [0.1, 0.15) is 21.4 Å². The number of pyridine rings is 1. The lowest BCUT2D eigenvalue weighted by atomic mass is 9.95. The summed E-state index contributed by atoms with van der Waals surface area (Å²) in [5, 5.41) is 1.81. The van der Waals surface area contributed by atoms with Crippen molar-refractivity contribution < 1.29 is 24.0 Å². The molecule has 0 bridgehead atoms. The summed E-state index contributed by atoms with van der Waals surface area (Å²) in [4.78, 5) is 70.7. The Morgan fingerprint density at radius 3 is 2.58 bits per heavy atom. The van der Waals surface area contributed by atoms with E-state index in [-0.39, 0.29) is 43.2 Å². The molecule has 0 spiro atoms. The summed E-state index contributed by atoms with van der Waals surface area (Å²) in [6, 6.07) is 2.87. The van der Waals surface area contributed by atoms with E-state index in [2.05, 4.69) is 9.97 Å². The molecule has 3 atom stereocenters. The van der Waals surface area contributed by atoms with Crippen molar-refractivity contribution in [3.63, 3.8) is 0 Å². The highest BCUT2D eigenvalue weighted by atomic mass is 32.1.